The number of aromatic nitrogens is 3. The zero-order valence-corrected chi connectivity index (χ0v) is 19.6. The number of nitrogens with zero attached hydrogens (tertiary/aromatic N) is 4. The standard InChI is InChI=1S/C25H27N5O4/c1-15-7-8-16(2)21(13-15)32-14-18-17(3)33-27-22(18)25(31)26-19-9-10-20(24-23(19)28-34-29-24)30-11-5-4-6-12-30/h7-10,13H,4-6,11-12,14H2,1-3H3,(H,26,31). The summed E-state index contributed by atoms with van der Waals surface area (Å²) in [6.45, 7) is 7.85. The van der Waals surface area contributed by atoms with E-state index in [0.29, 0.717) is 28.0 Å². The molecule has 5 rings (SSSR count). The molecule has 0 saturated carbocycles. The van der Waals surface area contributed by atoms with Gasteiger partial charge in [-0.2, -0.15) is 0 Å². The van der Waals surface area contributed by atoms with Crippen molar-refractivity contribution in [2.45, 2.75) is 46.6 Å². The average molecular weight is 462 g/mol. The van der Waals surface area contributed by atoms with Crippen LogP contribution in [0.25, 0.3) is 11.0 Å². The molecule has 0 aliphatic carbocycles. The van der Waals surface area contributed by atoms with Crippen molar-refractivity contribution < 1.29 is 18.7 Å². The van der Waals surface area contributed by atoms with Crippen molar-refractivity contribution in [1.29, 1.82) is 0 Å². The Labute approximate surface area is 197 Å². The van der Waals surface area contributed by atoms with Gasteiger partial charge in [-0.3, -0.25) is 4.79 Å². The molecule has 0 bridgehead atoms. The fraction of sp³-hybridized carbons (Fsp3) is 0.360. The second-order valence-electron chi connectivity index (χ2n) is 8.72. The molecule has 4 aromatic rings. The van der Waals surface area contributed by atoms with Gasteiger partial charge in [-0.25, -0.2) is 4.63 Å². The number of piperidine rings is 1. The molecule has 0 atom stereocenters. The Bertz CT molecular complexity index is 1340. The minimum atomic E-state index is -0.411. The van der Waals surface area contributed by atoms with Crippen LogP contribution in [-0.2, 0) is 6.61 Å². The minimum Gasteiger partial charge on any atom is -0.488 e. The Hall–Kier alpha value is -3.88. The van der Waals surface area contributed by atoms with Crippen LogP contribution in [0, 0.1) is 20.8 Å². The fourth-order valence-electron chi connectivity index (χ4n) is 4.28. The summed E-state index contributed by atoms with van der Waals surface area (Å²) in [6, 6.07) is 9.78. The van der Waals surface area contributed by atoms with Gasteiger partial charge in [0.05, 0.1) is 16.9 Å². The molecule has 1 fully saturated rings. The number of aryl methyl sites for hydroxylation is 3. The highest BCUT2D eigenvalue weighted by Gasteiger charge is 2.24. The quantitative estimate of drug-likeness (QED) is 0.429. The van der Waals surface area contributed by atoms with E-state index in [4.69, 9.17) is 13.9 Å². The summed E-state index contributed by atoms with van der Waals surface area (Å²) in [7, 11) is 0. The molecule has 2 aromatic carbocycles. The van der Waals surface area contributed by atoms with E-state index in [1.54, 1.807) is 6.92 Å². The molecule has 3 heterocycles. The number of rotatable bonds is 6. The van der Waals surface area contributed by atoms with Crippen LogP contribution in [0.2, 0.25) is 0 Å². The topological polar surface area (TPSA) is 107 Å². The SMILES string of the molecule is Cc1ccc(C)c(OCc2c(C(=O)Nc3ccc(N4CCCCC4)c4nonc34)noc2C)c1. The lowest BCUT2D eigenvalue weighted by Gasteiger charge is -2.28. The maximum atomic E-state index is 13.2. The lowest BCUT2D eigenvalue weighted by atomic mass is 10.1. The Morgan fingerprint density at radius 1 is 1.03 bits per heavy atom. The molecule has 1 aliphatic heterocycles. The number of benzene rings is 2. The van der Waals surface area contributed by atoms with Gasteiger partial charge in [0.2, 0.25) is 0 Å². The average Bonchev–Trinajstić information content (AvgIpc) is 3.48. The Morgan fingerprint density at radius 2 is 1.82 bits per heavy atom. The maximum absolute atomic E-state index is 13.2. The molecule has 9 nitrogen and oxygen atoms in total. The van der Waals surface area contributed by atoms with E-state index in [-0.39, 0.29) is 12.3 Å². The number of hydrogen-bond donors (Lipinski definition) is 1. The highest BCUT2D eigenvalue weighted by Crippen LogP contribution is 2.32. The highest BCUT2D eigenvalue weighted by molar-refractivity contribution is 6.09. The number of ether oxygens (including phenoxy) is 1. The van der Waals surface area contributed by atoms with E-state index in [0.717, 1.165) is 48.5 Å². The van der Waals surface area contributed by atoms with Crippen molar-refractivity contribution in [3.8, 4) is 5.75 Å². The van der Waals surface area contributed by atoms with Crippen LogP contribution >= 0.6 is 0 Å². The van der Waals surface area contributed by atoms with Crippen molar-refractivity contribution in [3.63, 3.8) is 0 Å². The zero-order valence-electron chi connectivity index (χ0n) is 19.6. The molecule has 0 unspecified atom stereocenters. The van der Waals surface area contributed by atoms with Crippen LogP contribution in [0.3, 0.4) is 0 Å². The predicted molar refractivity (Wildman–Crippen MR) is 127 cm³/mol. The zero-order chi connectivity index (χ0) is 23.7. The molecule has 2 aromatic heterocycles. The first-order valence-corrected chi connectivity index (χ1v) is 11.5. The number of carbonyl (C=O) groups excluding carboxylic acids is 1. The van der Waals surface area contributed by atoms with E-state index < -0.39 is 5.91 Å². The Kier molecular flexibility index (Phi) is 5.91. The number of anilines is 2. The third-order valence-corrected chi connectivity index (χ3v) is 6.25. The van der Waals surface area contributed by atoms with E-state index in [9.17, 15) is 4.79 Å². The molecule has 1 aliphatic rings. The van der Waals surface area contributed by atoms with Gasteiger partial charge in [-0.15, -0.1) is 0 Å². The van der Waals surface area contributed by atoms with E-state index in [2.05, 4.69) is 25.7 Å². The van der Waals surface area contributed by atoms with Crippen molar-refractivity contribution in [1.82, 2.24) is 15.5 Å². The minimum absolute atomic E-state index is 0.164. The van der Waals surface area contributed by atoms with Crippen LogP contribution in [0.1, 0.15) is 52.2 Å². The van der Waals surface area contributed by atoms with Gasteiger partial charge < -0.3 is 19.5 Å². The van der Waals surface area contributed by atoms with E-state index in [1.807, 2.05) is 44.2 Å². The molecule has 9 heteroatoms. The molecule has 0 radical (unpaired) electrons. The summed E-state index contributed by atoms with van der Waals surface area (Å²) in [5, 5.41) is 15.0. The smallest absolute Gasteiger partial charge is 0.278 e. The van der Waals surface area contributed by atoms with Crippen LogP contribution in [0.15, 0.2) is 39.5 Å². The van der Waals surface area contributed by atoms with Crippen molar-refractivity contribution in [2.24, 2.45) is 0 Å². The Morgan fingerprint density at radius 3 is 2.65 bits per heavy atom. The van der Waals surface area contributed by atoms with Gasteiger partial charge in [0.1, 0.15) is 18.1 Å². The second-order valence-corrected chi connectivity index (χ2v) is 8.72. The van der Waals surface area contributed by atoms with Gasteiger partial charge in [-0.05, 0) is 79.7 Å². The first-order chi connectivity index (χ1) is 16.5. The van der Waals surface area contributed by atoms with Crippen LogP contribution in [0.4, 0.5) is 11.4 Å². The summed E-state index contributed by atoms with van der Waals surface area (Å²) < 4.78 is 16.4. The molecule has 1 saturated heterocycles. The number of carbonyl (C=O) groups is 1. The molecule has 1 N–H and O–H groups in total. The van der Waals surface area contributed by atoms with Gasteiger partial charge >= 0.3 is 0 Å². The van der Waals surface area contributed by atoms with E-state index >= 15 is 0 Å². The molecule has 34 heavy (non-hydrogen) atoms. The summed E-state index contributed by atoms with van der Waals surface area (Å²) >= 11 is 0. The number of hydrogen-bond acceptors (Lipinski definition) is 8. The largest absolute Gasteiger partial charge is 0.488 e. The van der Waals surface area contributed by atoms with Gasteiger partial charge in [0, 0.05) is 13.1 Å². The third kappa shape index (κ3) is 4.21. The Balaban J connectivity index is 1.37. The van der Waals surface area contributed by atoms with Crippen LogP contribution < -0.4 is 15.0 Å². The second kappa shape index (κ2) is 9.17. The van der Waals surface area contributed by atoms with Crippen molar-refractivity contribution in [3.05, 3.63) is 58.5 Å². The lowest BCUT2D eigenvalue weighted by Crippen LogP contribution is -2.29. The summed E-state index contributed by atoms with van der Waals surface area (Å²) in [5.41, 5.74) is 5.49. The lowest BCUT2D eigenvalue weighted by molar-refractivity contribution is 0.101. The molecule has 176 valence electrons. The monoisotopic (exact) mass is 461 g/mol. The summed E-state index contributed by atoms with van der Waals surface area (Å²) in [6.07, 6.45) is 3.52. The third-order valence-electron chi connectivity index (χ3n) is 6.25. The van der Waals surface area contributed by atoms with Gasteiger partial charge in [-0.1, -0.05) is 17.3 Å². The van der Waals surface area contributed by atoms with Crippen LogP contribution in [-0.4, -0.2) is 34.5 Å². The first-order valence-electron chi connectivity index (χ1n) is 11.5. The molecular formula is C25H27N5O4. The molecule has 1 amide bonds. The number of nitrogens with one attached hydrogen (secondary N) is 1. The van der Waals surface area contributed by atoms with E-state index in [1.165, 1.54) is 6.42 Å². The van der Waals surface area contributed by atoms with Gasteiger partial charge in [0.25, 0.3) is 5.91 Å². The first kappa shape index (κ1) is 21.9. The number of fused-ring (bicyclic) bond motifs is 1. The van der Waals surface area contributed by atoms with Crippen molar-refractivity contribution in [2.75, 3.05) is 23.3 Å². The van der Waals surface area contributed by atoms with Crippen LogP contribution in [0.5, 0.6) is 5.75 Å². The summed E-state index contributed by atoms with van der Waals surface area (Å²) in [4.78, 5) is 15.4. The normalized spacial score (nSPS) is 13.9. The number of amides is 1. The maximum Gasteiger partial charge on any atom is 0.278 e. The van der Waals surface area contributed by atoms with Crippen molar-refractivity contribution >= 4 is 28.3 Å². The molecule has 0 spiro atoms. The highest BCUT2D eigenvalue weighted by atomic mass is 16.6. The van der Waals surface area contributed by atoms with Gasteiger partial charge in [0.15, 0.2) is 16.7 Å². The fourth-order valence-corrected chi connectivity index (χ4v) is 4.28. The summed E-state index contributed by atoms with van der Waals surface area (Å²) in [5.74, 6) is 0.881. The molecular weight excluding hydrogens is 434 g/mol. The predicted octanol–water partition coefficient (Wildman–Crippen LogP) is 4.96.